The van der Waals surface area contributed by atoms with E-state index < -0.39 is 5.91 Å². The van der Waals surface area contributed by atoms with Crippen LogP contribution in [0.3, 0.4) is 0 Å². The largest absolute Gasteiger partial charge is 0.345 e. The lowest BCUT2D eigenvalue weighted by atomic mass is 10.2. The van der Waals surface area contributed by atoms with Gasteiger partial charge < -0.3 is 10.6 Å². The Morgan fingerprint density at radius 2 is 2.04 bits per heavy atom. The summed E-state index contributed by atoms with van der Waals surface area (Å²) in [7, 11) is 0. The molecule has 0 bridgehead atoms. The normalized spacial score (nSPS) is 10.8. The number of nitrogens with one attached hydrogen (secondary N) is 2. The standard InChI is InChI=1S/C15H9BrCl2N4O/c16-10-1-4-14(21-8-10)20-7-9(6-19)15(23)22-11-2-3-12(17)13(18)5-11/h1-5,7-8H,(H,20,21)(H,22,23)/b9-7-. The lowest BCUT2D eigenvalue weighted by Gasteiger charge is -2.06. The minimum Gasteiger partial charge on any atom is -0.345 e. The predicted octanol–water partition coefficient (Wildman–Crippen LogP) is 4.61. The molecule has 2 rings (SSSR count). The number of anilines is 2. The van der Waals surface area contributed by atoms with Crippen molar-refractivity contribution < 1.29 is 4.79 Å². The first-order valence-corrected chi connectivity index (χ1v) is 7.79. The van der Waals surface area contributed by atoms with Crippen molar-refractivity contribution in [3.8, 4) is 6.07 Å². The summed E-state index contributed by atoms with van der Waals surface area (Å²) in [6.45, 7) is 0. The highest BCUT2D eigenvalue weighted by atomic mass is 79.9. The number of carbonyl (C=O) groups excluding carboxylic acids is 1. The highest BCUT2D eigenvalue weighted by Crippen LogP contribution is 2.25. The molecular weight excluding hydrogens is 403 g/mol. The van der Waals surface area contributed by atoms with Crippen LogP contribution in [0.25, 0.3) is 0 Å². The average Bonchev–Trinajstić information content (AvgIpc) is 2.53. The fourth-order valence-corrected chi connectivity index (χ4v) is 2.06. The van der Waals surface area contributed by atoms with Crippen molar-refractivity contribution in [2.24, 2.45) is 0 Å². The van der Waals surface area contributed by atoms with Crippen LogP contribution >= 0.6 is 39.1 Å². The van der Waals surface area contributed by atoms with Crippen LogP contribution in [0.4, 0.5) is 11.5 Å². The van der Waals surface area contributed by atoms with Gasteiger partial charge in [0.15, 0.2) is 0 Å². The molecule has 0 aliphatic heterocycles. The summed E-state index contributed by atoms with van der Waals surface area (Å²) in [5.41, 5.74) is 0.327. The Morgan fingerprint density at radius 1 is 1.26 bits per heavy atom. The molecule has 0 radical (unpaired) electrons. The molecule has 1 aromatic heterocycles. The Morgan fingerprint density at radius 3 is 2.65 bits per heavy atom. The van der Waals surface area contributed by atoms with E-state index in [-0.39, 0.29) is 5.57 Å². The molecule has 5 nitrogen and oxygen atoms in total. The van der Waals surface area contributed by atoms with Gasteiger partial charge in [0.05, 0.1) is 10.0 Å². The van der Waals surface area contributed by atoms with E-state index in [1.54, 1.807) is 30.5 Å². The number of halogens is 3. The monoisotopic (exact) mass is 410 g/mol. The zero-order chi connectivity index (χ0) is 16.8. The molecule has 2 aromatic rings. The summed E-state index contributed by atoms with van der Waals surface area (Å²) in [5.74, 6) is -0.0706. The van der Waals surface area contributed by atoms with Gasteiger partial charge in [-0.25, -0.2) is 4.98 Å². The third-order valence-electron chi connectivity index (χ3n) is 2.63. The third-order valence-corrected chi connectivity index (χ3v) is 3.84. The molecule has 0 fully saturated rings. The van der Waals surface area contributed by atoms with Crippen molar-refractivity contribution in [2.75, 3.05) is 10.6 Å². The molecule has 0 unspecified atom stereocenters. The minimum atomic E-state index is -0.574. The molecule has 0 aliphatic carbocycles. The molecule has 0 atom stereocenters. The van der Waals surface area contributed by atoms with E-state index in [1.807, 2.05) is 6.07 Å². The number of rotatable bonds is 4. The summed E-state index contributed by atoms with van der Waals surface area (Å²) in [6.07, 6.45) is 2.88. The van der Waals surface area contributed by atoms with Crippen LogP contribution in [-0.2, 0) is 4.79 Å². The summed E-state index contributed by atoms with van der Waals surface area (Å²) < 4.78 is 0.824. The second-order valence-electron chi connectivity index (χ2n) is 4.26. The minimum absolute atomic E-state index is 0.110. The van der Waals surface area contributed by atoms with Gasteiger partial charge in [0, 0.05) is 22.6 Å². The van der Waals surface area contributed by atoms with E-state index in [0.29, 0.717) is 21.6 Å². The van der Waals surface area contributed by atoms with Crippen molar-refractivity contribution >= 4 is 56.5 Å². The van der Waals surface area contributed by atoms with Crippen LogP contribution in [-0.4, -0.2) is 10.9 Å². The van der Waals surface area contributed by atoms with Gasteiger partial charge in [-0.1, -0.05) is 23.2 Å². The van der Waals surface area contributed by atoms with E-state index in [2.05, 4.69) is 31.5 Å². The Labute approximate surface area is 151 Å². The zero-order valence-electron chi connectivity index (χ0n) is 11.5. The Balaban J connectivity index is 2.08. The third kappa shape index (κ3) is 4.96. The SMILES string of the molecule is N#C/C(=C/Nc1ccc(Br)cn1)C(=O)Nc1ccc(Cl)c(Cl)c1. The van der Waals surface area contributed by atoms with Crippen molar-refractivity contribution in [1.29, 1.82) is 5.26 Å². The topological polar surface area (TPSA) is 77.8 Å². The quantitative estimate of drug-likeness (QED) is 0.568. The maximum Gasteiger partial charge on any atom is 0.267 e. The van der Waals surface area contributed by atoms with Gasteiger partial charge in [0.1, 0.15) is 17.5 Å². The summed E-state index contributed by atoms with van der Waals surface area (Å²) in [6, 6.07) is 9.95. The maximum atomic E-state index is 12.1. The van der Waals surface area contributed by atoms with Crippen LogP contribution in [0.15, 0.2) is 52.8 Å². The smallest absolute Gasteiger partial charge is 0.267 e. The average molecular weight is 412 g/mol. The Hall–Kier alpha value is -2.07. The lowest BCUT2D eigenvalue weighted by molar-refractivity contribution is -0.112. The molecule has 1 heterocycles. The highest BCUT2D eigenvalue weighted by Gasteiger charge is 2.10. The summed E-state index contributed by atoms with van der Waals surface area (Å²) >= 11 is 15.0. The van der Waals surface area contributed by atoms with Crippen LogP contribution in [0.1, 0.15) is 0 Å². The van der Waals surface area contributed by atoms with Crippen molar-refractivity contribution in [3.63, 3.8) is 0 Å². The fraction of sp³-hybridized carbons (Fsp3) is 0. The first-order valence-electron chi connectivity index (χ1n) is 6.24. The number of nitriles is 1. The van der Waals surface area contributed by atoms with Gasteiger partial charge in [0.25, 0.3) is 5.91 Å². The number of hydrogen-bond donors (Lipinski definition) is 2. The van der Waals surface area contributed by atoms with Crippen LogP contribution in [0.2, 0.25) is 10.0 Å². The number of benzene rings is 1. The molecule has 0 saturated carbocycles. The number of carbonyl (C=O) groups is 1. The lowest BCUT2D eigenvalue weighted by Crippen LogP contribution is -2.14. The molecule has 0 aliphatic rings. The Kier molecular flexibility index (Phi) is 5.99. The molecular formula is C15H9BrCl2N4O. The predicted molar refractivity (Wildman–Crippen MR) is 94.3 cm³/mol. The number of hydrogen-bond acceptors (Lipinski definition) is 4. The van der Waals surface area contributed by atoms with E-state index in [9.17, 15) is 4.79 Å². The second-order valence-corrected chi connectivity index (χ2v) is 5.99. The molecule has 0 saturated heterocycles. The van der Waals surface area contributed by atoms with Gasteiger partial charge >= 0.3 is 0 Å². The van der Waals surface area contributed by atoms with E-state index in [1.165, 1.54) is 12.3 Å². The van der Waals surface area contributed by atoms with Gasteiger partial charge in [-0.05, 0) is 46.3 Å². The van der Waals surface area contributed by atoms with Crippen LogP contribution in [0, 0.1) is 11.3 Å². The number of pyridine rings is 1. The van der Waals surface area contributed by atoms with Gasteiger partial charge in [0.2, 0.25) is 0 Å². The zero-order valence-corrected chi connectivity index (χ0v) is 14.6. The molecule has 2 N–H and O–H groups in total. The van der Waals surface area contributed by atoms with Gasteiger partial charge in [-0.2, -0.15) is 5.26 Å². The first kappa shape index (κ1) is 17.3. The first-order chi connectivity index (χ1) is 11.0. The molecule has 1 aromatic carbocycles. The van der Waals surface area contributed by atoms with Crippen LogP contribution < -0.4 is 10.6 Å². The van der Waals surface area contributed by atoms with Crippen molar-refractivity contribution in [2.45, 2.75) is 0 Å². The summed E-state index contributed by atoms with van der Waals surface area (Å²) in [4.78, 5) is 16.1. The molecule has 8 heteroatoms. The second kappa shape index (κ2) is 7.97. The fourth-order valence-electron chi connectivity index (χ4n) is 1.53. The number of amides is 1. The Bertz CT molecular complexity index is 800. The van der Waals surface area contributed by atoms with Crippen molar-refractivity contribution in [3.05, 3.63) is 62.8 Å². The highest BCUT2D eigenvalue weighted by molar-refractivity contribution is 9.10. The number of nitrogens with zero attached hydrogens (tertiary/aromatic N) is 2. The molecule has 23 heavy (non-hydrogen) atoms. The van der Waals surface area contributed by atoms with Crippen molar-refractivity contribution in [1.82, 2.24) is 4.98 Å². The van der Waals surface area contributed by atoms with E-state index >= 15 is 0 Å². The van der Waals surface area contributed by atoms with E-state index in [4.69, 9.17) is 28.5 Å². The molecule has 116 valence electrons. The number of aromatic nitrogens is 1. The van der Waals surface area contributed by atoms with Crippen LogP contribution in [0.5, 0.6) is 0 Å². The van der Waals surface area contributed by atoms with E-state index in [0.717, 1.165) is 4.47 Å². The maximum absolute atomic E-state index is 12.1. The van der Waals surface area contributed by atoms with Gasteiger partial charge in [-0.3, -0.25) is 4.79 Å². The molecule has 1 amide bonds. The molecule has 0 spiro atoms. The summed E-state index contributed by atoms with van der Waals surface area (Å²) in [5, 5.41) is 15.1. The van der Waals surface area contributed by atoms with Gasteiger partial charge in [-0.15, -0.1) is 0 Å².